The summed E-state index contributed by atoms with van der Waals surface area (Å²) in [4.78, 5) is 24.2. The van der Waals surface area contributed by atoms with Crippen LogP contribution in [0.2, 0.25) is 0 Å². The quantitative estimate of drug-likeness (QED) is 0.284. The van der Waals surface area contributed by atoms with Crippen LogP contribution >= 0.6 is 15.9 Å². The third-order valence-corrected chi connectivity index (χ3v) is 4.07. The van der Waals surface area contributed by atoms with E-state index >= 15 is 0 Å². The maximum absolute atomic E-state index is 12.1. The zero-order chi connectivity index (χ0) is 19.2. The number of unbranched alkanes of at least 4 members (excludes halogenated alkanes) is 3. The average Bonchev–Trinajstić information content (AvgIpc) is 2.55. The summed E-state index contributed by atoms with van der Waals surface area (Å²) in [6, 6.07) is 7.43. The van der Waals surface area contributed by atoms with E-state index in [1.165, 1.54) is 19.9 Å². The minimum Gasteiger partial charge on any atom is -0.493 e. The first-order chi connectivity index (χ1) is 12.3. The van der Waals surface area contributed by atoms with Gasteiger partial charge in [-0.2, -0.15) is 5.26 Å². The van der Waals surface area contributed by atoms with Gasteiger partial charge in [-0.05, 0) is 43.5 Å². The van der Waals surface area contributed by atoms with E-state index in [2.05, 4.69) is 22.0 Å². The van der Waals surface area contributed by atoms with E-state index < -0.39 is 17.7 Å². The zero-order valence-corrected chi connectivity index (χ0v) is 16.3. The number of hydrogen-bond donors (Lipinski definition) is 0. The normalized spacial score (nSPS) is 15.7. The minimum atomic E-state index is -1.27. The lowest BCUT2D eigenvalue weighted by Gasteiger charge is -2.29. The van der Waals surface area contributed by atoms with Crippen LogP contribution in [-0.2, 0) is 19.1 Å². The fraction of sp³-hybridized carbons (Fsp3) is 0.421. The van der Waals surface area contributed by atoms with Gasteiger partial charge >= 0.3 is 11.9 Å². The largest absolute Gasteiger partial charge is 0.493 e. The molecule has 1 aliphatic heterocycles. The highest BCUT2D eigenvalue weighted by Gasteiger charge is 2.39. The van der Waals surface area contributed by atoms with Crippen LogP contribution in [0.5, 0.6) is 5.75 Å². The van der Waals surface area contributed by atoms with Gasteiger partial charge in [0.25, 0.3) is 5.79 Å². The highest BCUT2D eigenvalue weighted by molar-refractivity contribution is 9.10. The smallest absolute Gasteiger partial charge is 0.348 e. The Labute approximate surface area is 160 Å². The summed E-state index contributed by atoms with van der Waals surface area (Å²) in [5.41, 5.74) is 0.390. The molecule has 1 heterocycles. The standard InChI is InChI=1S/C19H20BrNO5/c1-19(2)25-17(22)15(18(23)26-19)12-13-11-14(20)7-8-16(13)24-10-6-4-3-5-9-21/h7-8,11-12H,3-6,10H2,1-2H3. The summed E-state index contributed by atoms with van der Waals surface area (Å²) in [7, 11) is 0. The molecule has 6 nitrogen and oxygen atoms in total. The van der Waals surface area contributed by atoms with Gasteiger partial charge in [-0.15, -0.1) is 0 Å². The predicted octanol–water partition coefficient (Wildman–Crippen LogP) is 4.13. The first kappa shape index (κ1) is 20.0. The van der Waals surface area contributed by atoms with Crippen LogP contribution in [0.4, 0.5) is 0 Å². The van der Waals surface area contributed by atoms with Gasteiger partial charge in [-0.25, -0.2) is 9.59 Å². The molecule has 0 aromatic heterocycles. The van der Waals surface area contributed by atoms with Crippen LogP contribution in [0, 0.1) is 11.3 Å². The Morgan fingerprint density at radius 3 is 2.54 bits per heavy atom. The highest BCUT2D eigenvalue weighted by Crippen LogP contribution is 2.29. The molecule has 1 aromatic carbocycles. The van der Waals surface area contributed by atoms with E-state index in [9.17, 15) is 9.59 Å². The van der Waals surface area contributed by atoms with Crippen LogP contribution < -0.4 is 4.74 Å². The maximum Gasteiger partial charge on any atom is 0.348 e. The molecule has 0 spiro atoms. The fourth-order valence-electron chi connectivity index (χ4n) is 2.36. The van der Waals surface area contributed by atoms with Crippen LogP contribution in [0.15, 0.2) is 28.2 Å². The molecule has 0 atom stereocenters. The molecule has 0 amide bonds. The van der Waals surface area contributed by atoms with Gasteiger partial charge in [0.15, 0.2) is 0 Å². The van der Waals surface area contributed by atoms with E-state index in [0.29, 0.717) is 24.3 Å². The molecule has 0 saturated carbocycles. The van der Waals surface area contributed by atoms with Gasteiger partial charge < -0.3 is 14.2 Å². The number of carbonyl (C=O) groups is 2. The molecule has 1 fully saturated rings. The number of nitrogens with zero attached hydrogens (tertiary/aromatic N) is 1. The SMILES string of the molecule is CC1(C)OC(=O)C(=Cc2cc(Br)ccc2OCCCCCC#N)C(=O)O1. The molecule has 1 aromatic rings. The van der Waals surface area contributed by atoms with Crippen molar-refractivity contribution < 1.29 is 23.8 Å². The molecule has 0 unspecified atom stereocenters. The molecule has 2 rings (SSSR count). The second-order valence-corrected chi connectivity index (χ2v) is 7.15. The summed E-state index contributed by atoms with van der Waals surface area (Å²) in [5, 5.41) is 8.53. The number of benzene rings is 1. The van der Waals surface area contributed by atoms with Crippen molar-refractivity contribution in [1.82, 2.24) is 0 Å². The van der Waals surface area contributed by atoms with Gasteiger partial charge in [0, 0.05) is 30.3 Å². The van der Waals surface area contributed by atoms with E-state index in [1.54, 1.807) is 12.1 Å². The Morgan fingerprint density at radius 1 is 1.19 bits per heavy atom. The van der Waals surface area contributed by atoms with Crippen LogP contribution in [-0.4, -0.2) is 24.3 Å². The minimum absolute atomic E-state index is 0.179. The lowest BCUT2D eigenvalue weighted by Crippen LogP contribution is -2.41. The van der Waals surface area contributed by atoms with Crippen LogP contribution in [0.25, 0.3) is 6.08 Å². The molecular formula is C19H20BrNO5. The first-order valence-electron chi connectivity index (χ1n) is 8.30. The number of rotatable bonds is 7. The number of carbonyl (C=O) groups excluding carboxylic acids is 2. The molecular weight excluding hydrogens is 402 g/mol. The zero-order valence-electron chi connectivity index (χ0n) is 14.7. The number of esters is 2. The average molecular weight is 422 g/mol. The number of cyclic esters (lactones) is 2. The molecule has 0 aliphatic carbocycles. The maximum atomic E-state index is 12.1. The summed E-state index contributed by atoms with van der Waals surface area (Å²) in [6.07, 6.45) is 4.50. The van der Waals surface area contributed by atoms with Crippen molar-refractivity contribution >= 4 is 33.9 Å². The Morgan fingerprint density at radius 2 is 1.88 bits per heavy atom. The number of hydrogen-bond acceptors (Lipinski definition) is 6. The lowest BCUT2D eigenvalue weighted by atomic mass is 10.1. The second kappa shape index (κ2) is 8.86. The van der Waals surface area contributed by atoms with Crippen molar-refractivity contribution in [2.45, 2.75) is 45.3 Å². The molecule has 1 aliphatic rings. The van der Waals surface area contributed by atoms with Crippen LogP contribution in [0.3, 0.4) is 0 Å². The Balaban J connectivity index is 2.13. The summed E-state index contributed by atoms with van der Waals surface area (Å²) < 4.78 is 16.8. The van der Waals surface area contributed by atoms with Gasteiger partial charge in [0.2, 0.25) is 0 Å². The molecule has 0 bridgehead atoms. The van der Waals surface area contributed by atoms with Crippen molar-refractivity contribution in [2.75, 3.05) is 6.61 Å². The first-order valence-corrected chi connectivity index (χ1v) is 9.09. The molecule has 26 heavy (non-hydrogen) atoms. The summed E-state index contributed by atoms with van der Waals surface area (Å²) >= 11 is 3.37. The van der Waals surface area contributed by atoms with Crippen LogP contribution in [0.1, 0.15) is 45.1 Å². The number of ether oxygens (including phenoxy) is 3. The number of nitriles is 1. The molecule has 0 radical (unpaired) electrons. The summed E-state index contributed by atoms with van der Waals surface area (Å²) in [5.74, 6) is -2.18. The van der Waals surface area contributed by atoms with Gasteiger partial charge in [-0.3, -0.25) is 0 Å². The number of halogens is 1. The van der Waals surface area contributed by atoms with E-state index in [1.807, 2.05) is 6.07 Å². The van der Waals surface area contributed by atoms with Crippen molar-refractivity contribution in [3.63, 3.8) is 0 Å². The summed E-state index contributed by atoms with van der Waals surface area (Å²) in [6.45, 7) is 3.48. The molecule has 0 N–H and O–H groups in total. The molecule has 7 heteroatoms. The van der Waals surface area contributed by atoms with E-state index in [4.69, 9.17) is 19.5 Å². The van der Waals surface area contributed by atoms with E-state index in [0.717, 1.165) is 23.7 Å². The lowest BCUT2D eigenvalue weighted by molar-refractivity contribution is -0.222. The van der Waals surface area contributed by atoms with Gasteiger partial charge in [0.1, 0.15) is 11.3 Å². The Bertz CT molecular complexity index is 742. The monoisotopic (exact) mass is 421 g/mol. The molecule has 138 valence electrons. The molecule has 1 saturated heterocycles. The topological polar surface area (TPSA) is 85.6 Å². The second-order valence-electron chi connectivity index (χ2n) is 6.24. The Kier molecular flexibility index (Phi) is 6.81. The van der Waals surface area contributed by atoms with Crippen molar-refractivity contribution in [3.8, 4) is 11.8 Å². The third-order valence-electron chi connectivity index (χ3n) is 3.58. The van der Waals surface area contributed by atoms with Crippen molar-refractivity contribution in [3.05, 3.63) is 33.8 Å². The Hall–Kier alpha value is -2.33. The van der Waals surface area contributed by atoms with Gasteiger partial charge in [0.05, 0.1) is 12.7 Å². The van der Waals surface area contributed by atoms with Crippen molar-refractivity contribution in [1.29, 1.82) is 5.26 Å². The third kappa shape index (κ3) is 5.60. The van der Waals surface area contributed by atoms with Crippen molar-refractivity contribution in [2.24, 2.45) is 0 Å². The van der Waals surface area contributed by atoms with E-state index in [-0.39, 0.29) is 5.57 Å². The highest BCUT2D eigenvalue weighted by atomic mass is 79.9. The predicted molar refractivity (Wildman–Crippen MR) is 98.0 cm³/mol. The fourth-order valence-corrected chi connectivity index (χ4v) is 2.74. The van der Waals surface area contributed by atoms with Gasteiger partial charge in [-0.1, -0.05) is 15.9 Å².